The zero-order valence-corrected chi connectivity index (χ0v) is 33.9. The second-order valence-corrected chi connectivity index (χ2v) is 16.3. The topological polar surface area (TPSA) is 169 Å². The molecule has 0 spiro atoms. The first kappa shape index (κ1) is 46.5. The molecule has 0 radical (unpaired) electrons. The summed E-state index contributed by atoms with van der Waals surface area (Å²) in [5, 5.41) is 12.6. The number of carboxylic acids is 1. The van der Waals surface area contributed by atoms with Crippen LogP contribution in [-0.2, 0) is 33.4 Å². The molecule has 51 heavy (non-hydrogen) atoms. The Balaban J connectivity index is 3.23. The number of likely N-dealkylation sites (tertiary alicyclic amines) is 1. The summed E-state index contributed by atoms with van der Waals surface area (Å²) in [5.41, 5.74) is 4.49. The summed E-state index contributed by atoms with van der Waals surface area (Å²) < 4.78 is 11.8. The van der Waals surface area contributed by atoms with Crippen LogP contribution in [0.1, 0.15) is 108 Å². The first-order valence-electron chi connectivity index (χ1n) is 19.1. The van der Waals surface area contributed by atoms with Gasteiger partial charge in [-0.25, -0.2) is 0 Å². The van der Waals surface area contributed by atoms with Crippen LogP contribution in [0.3, 0.4) is 0 Å². The number of carbonyl (C=O) groups is 5. The molecule has 1 fully saturated rings. The molecule has 0 aromatic heterocycles. The molecule has 12 nitrogen and oxygen atoms in total. The van der Waals surface area contributed by atoms with Gasteiger partial charge in [0.25, 0.3) is 0 Å². The van der Waals surface area contributed by atoms with E-state index in [1.807, 2.05) is 32.6 Å². The van der Waals surface area contributed by atoms with Crippen LogP contribution >= 0.6 is 0 Å². The highest BCUT2D eigenvalue weighted by molar-refractivity contribution is 5.86. The van der Waals surface area contributed by atoms with Crippen molar-refractivity contribution in [2.24, 2.45) is 53.1 Å². The van der Waals surface area contributed by atoms with Crippen molar-refractivity contribution in [2.75, 3.05) is 34.4 Å². The number of hydrogen-bond acceptors (Lipinski definition) is 8. The number of ether oxygens (including phenoxy) is 2. The van der Waals surface area contributed by atoms with Crippen molar-refractivity contribution in [2.45, 2.75) is 138 Å². The standard InChI is InChI=1S/C39H72N4O8/c1-14-25(6)30(32(50-12)19-33(45)43-17-15-16-31(43)35(51-13)29(10)36(40)46)18-26(7)27(8)20-39(22-44,24(4)5)41-37(47)34(23(2)3)42(11)21-28(9)38(48)49/h22-32,34-35H,14-21H2,1-13H3,(H2,40,46)(H,41,47)(H,48,49). The van der Waals surface area contributed by atoms with E-state index < -0.39 is 41.4 Å². The van der Waals surface area contributed by atoms with Gasteiger partial charge in [-0.2, -0.15) is 0 Å². The number of rotatable bonds is 24. The molecule has 0 aromatic rings. The van der Waals surface area contributed by atoms with Gasteiger partial charge in [-0.3, -0.25) is 24.1 Å². The minimum Gasteiger partial charge on any atom is -0.481 e. The number of nitrogens with two attached hydrogens (primary N) is 1. The summed E-state index contributed by atoms with van der Waals surface area (Å²) in [6.07, 6.45) is 3.91. The quantitative estimate of drug-likeness (QED) is 0.120. The van der Waals surface area contributed by atoms with E-state index in [1.165, 1.54) is 0 Å². The smallest absolute Gasteiger partial charge is 0.307 e. The normalized spacial score (nSPS) is 21.6. The van der Waals surface area contributed by atoms with Gasteiger partial charge in [-0.1, -0.05) is 75.7 Å². The Morgan fingerprint density at radius 1 is 1.00 bits per heavy atom. The summed E-state index contributed by atoms with van der Waals surface area (Å²) in [6, 6.07) is -0.845. The summed E-state index contributed by atoms with van der Waals surface area (Å²) in [5.74, 6) is -2.73. The van der Waals surface area contributed by atoms with Crippen LogP contribution in [-0.4, -0.2) is 109 Å². The molecule has 12 heteroatoms. The van der Waals surface area contributed by atoms with Crippen LogP contribution < -0.4 is 11.1 Å². The fourth-order valence-electron chi connectivity index (χ4n) is 8.03. The molecule has 1 rings (SSSR count). The van der Waals surface area contributed by atoms with Crippen molar-refractivity contribution in [1.29, 1.82) is 0 Å². The maximum Gasteiger partial charge on any atom is 0.307 e. The summed E-state index contributed by atoms with van der Waals surface area (Å²) in [7, 11) is 4.96. The predicted octanol–water partition coefficient (Wildman–Crippen LogP) is 4.62. The van der Waals surface area contributed by atoms with E-state index in [9.17, 15) is 29.1 Å². The van der Waals surface area contributed by atoms with Crippen LogP contribution in [0.25, 0.3) is 0 Å². The van der Waals surface area contributed by atoms with E-state index in [0.717, 1.165) is 32.0 Å². The van der Waals surface area contributed by atoms with E-state index >= 15 is 0 Å². The SMILES string of the molecule is CCC(C)C(CC(C)C(C)CC(C=O)(NC(=O)C(C(C)C)N(C)CC(C)C(=O)O)C(C)C)C(CC(=O)N1CCCC1C(OC)C(C)C(N)=O)OC. The van der Waals surface area contributed by atoms with Gasteiger partial charge in [0.1, 0.15) is 6.29 Å². The molecule has 0 aromatic carbocycles. The highest BCUT2D eigenvalue weighted by atomic mass is 16.5. The van der Waals surface area contributed by atoms with Crippen molar-refractivity contribution in [3.8, 4) is 0 Å². The Kier molecular flexibility index (Phi) is 19.3. The molecule has 0 bridgehead atoms. The number of carbonyl (C=O) groups excluding carboxylic acids is 4. The third-order valence-corrected chi connectivity index (χ3v) is 12.0. The zero-order chi connectivity index (χ0) is 39.4. The Morgan fingerprint density at radius 2 is 1.61 bits per heavy atom. The maximum atomic E-state index is 13.9. The molecule has 4 N–H and O–H groups in total. The number of amides is 3. The molecule has 11 unspecified atom stereocenters. The van der Waals surface area contributed by atoms with Crippen molar-refractivity contribution < 1.29 is 38.6 Å². The number of likely N-dealkylation sites (N-methyl/N-ethyl adjacent to an activating group) is 1. The number of methoxy groups -OCH3 is 2. The van der Waals surface area contributed by atoms with Gasteiger partial charge in [-0.05, 0) is 68.2 Å². The highest BCUT2D eigenvalue weighted by Gasteiger charge is 2.43. The molecular formula is C39H72N4O8. The van der Waals surface area contributed by atoms with Crippen molar-refractivity contribution in [3.05, 3.63) is 0 Å². The Bertz CT molecular complexity index is 1130. The van der Waals surface area contributed by atoms with Gasteiger partial charge in [0.2, 0.25) is 17.7 Å². The number of aliphatic carboxylic acids is 1. The molecule has 1 aliphatic rings. The maximum absolute atomic E-state index is 13.9. The van der Waals surface area contributed by atoms with Crippen LogP contribution in [0.4, 0.5) is 0 Å². The molecule has 3 amide bonds. The number of primary amides is 1. The first-order chi connectivity index (χ1) is 23.7. The molecule has 1 aliphatic heterocycles. The predicted molar refractivity (Wildman–Crippen MR) is 200 cm³/mol. The van der Waals surface area contributed by atoms with Crippen molar-refractivity contribution >= 4 is 30.0 Å². The number of hydrogen-bond donors (Lipinski definition) is 3. The lowest BCUT2D eigenvalue weighted by Gasteiger charge is -2.41. The highest BCUT2D eigenvalue weighted by Crippen LogP contribution is 2.37. The Labute approximate surface area is 308 Å². The third kappa shape index (κ3) is 12.5. The van der Waals surface area contributed by atoms with E-state index in [-0.39, 0.29) is 72.4 Å². The van der Waals surface area contributed by atoms with E-state index in [0.29, 0.717) is 13.0 Å². The van der Waals surface area contributed by atoms with Gasteiger partial charge < -0.3 is 35.3 Å². The number of nitrogens with zero attached hydrogens (tertiary/aromatic N) is 2. The van der Waals surface area contributed by atoms with Gasteiger partial charge in [0, 0.05) is 27.3 Å². The summed E-state index contributed by atoms with van der Waals surface area (Å²) >= 11 is 0. The second-order valence-electron chi connectivity index (χ2n) is 16.3. The lowest BCUT2D eigenvalue weighted by atomic mass is 9.72. The van der Waals surface area contributed by atoms with Crippen LogP contribution in [0, 0.1) is 47.3 Å². The van der Waals surface area contributed by atoms with E-state index in [1.54, 1.807) is 40.0 Å². The molecule has 11 atom stereocenters. The molecule has 0 aliphatic carbocycles. The fraction of sp³-hybridized carbons (Fsp3) is 0.872. The third-order valence-electron chi connectivity index (χ3n) is 12.0. The largest absolute Gasteiger partial charge is 0.481 e. The summed E-state index contributed by atoms with van der Waals surface area (Å²) in [6.45, 7) is 20.4. The average molecular weight is 725 g/mol. The number of carboxylic acid groups (broad SMARTS) is 1. The number of nitrogens with one attached hydrogen (secondary N) is 1. The van der Waals surface area contributed by atoms with Crippen LogP contribution in [0.15, 0.2) is 0 Å². The van der Waals surface area contributed by atoms with E-state index in [2.05, 4.69) is 33.0 Å². The van der Waals surface area contributed by atoms with Gasteiger partial charge >= 0.3 is 5.97 Å². The Hall–Kier alpha value is -2.57. The van der Waals surface area contributed by atoms with Crippen LogP contribution in [0.5, 0.6) is 0 Å². The van der Waals surface area contributed by atoms with Gasteiger partial charge in [0.05, 0.1) is 48.1 Å². The first-order valence-corrected chi connectivity index (χ1v) is 19.1. The minimum absolute atomic E-state index is 0.0259. The Morgan fingerprint density at radius 3 is 2.06 bits per heavy atom. The van der Waals surface area contributed by atoms with Crippen LogP contribution in [0.2, 0.25) is 0 Å². The fourth-order valence-corrected chi connectivity index (χ4v) is 8.03. The minimum atomic E-state index is -1.12. The monoisotopic (exact) mass is 725 g/mol. The lowest BCUT2D eigenvalue weighted by Crippen LogP contribution is -2.60. The average Bonchev–Trinajstić information content (AvgIpc) is 3.54. The van der Waals surface area contributed by atoms with Gasteiger partial charge in [-0.15, -0.1) is 0 Å². The lowest BCUT2D eigenvalue weighted by molar-refractivity contribution is -0.143. The molecule has 1 saturated heterocycles. The molecule has 296 valence electrons. The van der Waals surface area contributed by atoms with E-state index in [4.69, 9.17) is 15.2 Å². The molecule has 0 saturated carbocycles. The number of aldehydes is 1. The molecule has 1 heterocycles. The van der Waals surface area contributed by atoms with Crippen molar-refractivity contribution in [3.63, 3.8) is 0 Å². The zero-order valence-electron chi connectivity index (χ0n) is 33.9. The van der Waals surface area contributed by atoms with Gasteiger partial charge in [0.15, 0.2) is 0 Å². The second kappa shape index (κ2) is 21.2. The molecular weight excluding hydrogens is 652 g/mol. The summed E-state index contributed by atoms with van der Waals surface area (Å²) in [4.78, 5) is 67.8. The van der Waals surface area contributed by atoms with Crippen molar-refractivity contribution in [1.82, 2.24) is 15.1 Å².